The molecule has 6 nitrogen and oxygen atoms in total. The smallest absolute Gasteiger partial charge is 0.262 e. The topological polar surface area (TPSA) is 93.5 Å². The van der Waals surface area contributed by atoms with Gasteiger partial charge < -0.3 is 21.1 Å². The molecule has 2 amide bonds. The highest BCUT2D eigenvalue weighted by molar-refractivity contribution is 5.91. The third-order valence-electron chi connectivity index (χ3n) is 4.57. The summed E-state index contributed by atoms with van der Waals surface area (Å²) in [4.78, 5) is 23.7. The molecule has 4 N–H and O–H groups in total. The summed E-state index contributed by atoms with van der Waals surface area (Å²) in [5.74, 6) is 0.351. The number of hydrogen-bond donors (Lipinski definition) is 3. The van der Waals surface area contributed by atoms with Crippen LogP contribution in [0.5, 0.6) is 5.75 Å². The predicted molar refractivity (Wildman–Crippen MR) is 105 cm³/mol. The molecule has 0 heterocycles. The minimum atomic E-state index is -0.628. The number of hydrogen-bond acceptors (Lipinski definition) is 4. The Morgan fingerprint density at radius 1 is 1.07 bits per heavy atom. The van der Waals surface area contributed by atoms with Gasteiger partial charge in [-0.2, -0.15) is 0 Å². The van der Waals surface area contributed by atoms with Crippen molar-refractivity contribution in [2.75, 3.05) is 18.5 Å². The van der Waals surface area contributed by atoms with Crippen LogP contribution in [0.1, 0.15) is 24.0 Å². The average Bonchev–Trinajstić information content (AvgIpc) is 3.42. The lowest BCUT2D eigenvalue weighted by molar-refractivity contribution is -0.123. The molecule has 1 aliphatic rings. The molecule has 0 radical (unpaired) electrons. The first-order chi connectivity index (χ1) is 12.9. The second-order valence-electron chi connectivity index (χ2n) is 7.01. The number of aryl methyl sites for hydroxylation is 1. The van der Waals surface area contributed by atoms with Gasteiger partial charge in [0, 0.05) is 12.2 Å². The Hall–Kier alpha value is -2.86. The monoisotopic (exact) mass is 367 g/mol. The van der Waals surface area contributed by atoms with E-state index in [1.165, 1.54) is 0 Å². The summed E-state index contributed by atoms with van der Waals surface area (Å²) < 4.78 is 5.52. The standard InChI is InChI=1S/C21H25N3O3/c1-15-2-6-17(7-3-15)24-19(25)14-27-18-8-4-16(5-9-18)10-13-23-20(26)21(22)11-12-21/h2-9H,10-14,22H2,1H3,(H,23,26)(H,24,25). The van der Waals surface area contributed by atoms with E-state index in [1.54, 1.807) is 0 Å². The Kier molecular flexibility index (Phi) is 5.76. The van der Waals surface area contributed by atoms with Gasteiger partial charge in [-0.3, -0.25) is 9.59 Å². The first kappa shape index (κ1) is 18.9. The second kappa shape index (κ2) is 8.22. The van der Waals surface area contributed by atoms with Crippen molar-refractivity contribution in [3.8, 4) is 5.75 Å². The van der Waals surface area contributed by atoms with Gasteiger partial charge in [-0.15, -0.1) is 0 Å². The van der Waals surface area contributed by atoms with Crippen LogP contribution >= 0.6 is 0 Å². The summed E-state index contributed by atoms with van der Waals surface area (Å²) in [6.07, 6.45) is 2.25. The molecule has 27 heavy (non-hydrogen) atoms. The number of benzene rings is 2. The van der Waals surface area contributed by atoms with Crippen molar-refractivity contribution in [3.63, 3.8) is 0 Å². The zero-order valence-corrected chi connectivity index (χ0v) is 15.5. The maximum Gasteiger partial charge on any atom is 0.262 e. The highest BCUT2D eigenvalue weighted by Gasteiger charge is 2.45. The third kappa shape index (κ3) is 5.56. The van der Waals surface area contributed by atoms with Gasteiger partial charge in [-0.1, -0.05) is 29.8 Å². The Morgan fingerprint density at radius 2 is 1.74 bits per heavy atom. The molecule has 0 bridgehead atoms. The molecule has 0 atom stereocenters. The van der Waals surface area contributed by atoms with Gasteiger partial charge in [0.1, 0.15) is 5.75 Å². The van der Waals surface area contributed by atoms with E-state index in [0.29, 0.717) is 12.3 Å². The van der Waals surface area contributed by atoms with Crippen molar-refractivity contribution < 1.29 is 14.3 Å². The lowest BCUT2D eigenvalue weighted by atomic mass is 10.1. The van der Waals surface area contributed by atoms with E-state index in [0.717, 1.165) is 36.1 Å². The largest absolute Gasteiger partial charge is 0.484 e. The molecular weight excluding hydrogens is 342 g/mol. The molecule has 3 rings (SSSR count). The predicted octanol–water partition coefficient (Wildman–Crippen LogP) is 2.16. The van der Waals surface area contributed by atoms with Crippen molar-refractivity contribution in [3.05, 3.63) is 59.7 Å². The van der Waals surface area contributed by atoms with E-state index in [-0.39, 0.29) is 18.4 Å². The second-order valence-corrected chi connectivity index (χ2v) is 7.01. The zero-order chi connectivity index (χ0) is 19.3. The minimum absolute atomic E-state index is 0.0537. The van der Waals surface area contributed by atoms with Crippen molar-refractivity contribution in [2.24, 2.45) is 5.73 Å². The fourth-order valence-corrected chi connectivity index (χ4v) is 2.59. The quantitative estimate of drug-likeness (QED) is 0.666. The maximum absolute atomic E-state index is 11.9. The van der Waals surface area contributed by atoms with Crippen LogP contribution in [0, 0.1) is 6.92 Å². The third-order valence-corrected chi connectivity index (χ3v) is 4.57. The van der Waals surface area contributed by atoms with Crippen LogP contribution in [0.2, 0.25) is 0 Å². The fourth-order valence-electron chi connectivity index (χ4n) is 2.59. The Morgan fingerprint density at radius 3 is 2.37 bits per heavy atom. The van der Waals surface area contributed by atoms with Crippen LogP contribution in [-0.4, -0.2) is 30.5 Å². The highest BCUT2D eigenvalue weighted by atomic mass is 16.5. The van der Waals surface area contributed by atoms with E-state index in [1.807, 2.05) is 55.5 Å². The van der Waals surface area contributed by atoms with Crippen LogP contribution in [0.15, 0.2) is 48.5 Å². The number of nitrogens with one attached hydrogen (secondary N) is 2. The van der Waals surface area contributed by atoms with Gasteiger partial charge in [0.05, 0.1) is 5.54 Å². The van der Waals surface area contributed by atoms with E-state index in [4.69, 9.17) is 10.5 Å². The van der Waals surface area contributed by atoms with Gasteiger partial charge in [0.15, 0.2) is 6.61 Å². The average molecular weight is 367 g/mol. The first-order valence-corrected chi connectivity index (χ1v) is 9.10. The van der Waals surface area contributed by atoms with Crippen LogP contribution in [-0.2, 0) is 16.0 Å². The number of amides is 2. The molecule has 0 unspecified atom stereocenters. The molecule has 142 valence electrons. The number of carbonyl (C=O) groups excluding carboxylic acids is 2. The number of ether oxygens (including phenoxy) is 1. The Labute approximate surface area is 159 Å². The summed E-state index contributed by atoms with van der Waals surface area (Å²) in [6.45, 7) is 2.49. The van der Waals surface area contributed by atoms with Gasteiger partial charge in [-0.25, -0.2) is 0 Å². The van der Waals surface area contributed by atoms with E-state index >= 15 is 0 Å². The first-order valence-electron chi connectivity index (χ1n) is 9.10. The molecule has 1 aliphatic carbocycles. The highest BCUT2D eigenvalue weighted by Crippen LogP contribution is 2.31. The summed E-state index contributed by atoms with van der Waals surface area (Å²) in [6, 6.07) is 15.1. The Bertz CT molecular complexity index is 796. The van der Waals surface area contributed by atoms with Crippen molar-refractivity contribution >= 4 is 17.5 Å². The van der Waals surface area contributed by atoms with Crippen molar-refractivity contribution in [1.82, 2.24) is 5.32 Å². The number of nitrogens with two attached hydrogens (primary N) is 1. The molecule has 1 saturated carbocycles. The molecule has 0 aromatic heterocycles. The molecule has 0 spiro atoms. The molecule has 0 saturated heterocycles. The van der Waals surface area contributed by atoms with Crippen LogP contribution < -0.4 is 21.1 Å². The summed E-state index contributed by atoms with van der Waals surface area (Å²) >= 11 is 0. The molecule has 2 aromatic rings. The minimum Gasteiger partial charge on any atom is -0.484 e. The maximum atomic E-state index is 11.9. The van der Waals surface area contributed by atoms with Crippen LogP contribution in [0.4, 0.5) is 5.69 Å². The van der Waals surface area contributed by atoms with E-state index in [9.17, 15) is 9.59 Å². The lowest BCUT2D eigenvalue weighted by Crippen LogP contribution is -2.43. The van der Waals surface area contributed by atoms with Crippen LogP contribution in [0.25, 0.3) is 0 Å². The van der Waals surface area contributed by atoms with Gasteiger partial charge >= 0.3 is 0 Å². The number of rotatable bonds is 8. The Balaban J connectivity index is 1.38. The summed E-state index contributed by atoms with van der Waals surface area (Å²) in [5.41, 5.74) is 8.18. The van der Waals surface area contributed by atoms with Gasteiger partial charge in [0.25, 0.3) is 5.91 Å². The summed E-state index contributed by atoms with van der Waals surface area (Å²) in [7, 11) is 0. The molecule has 1 fully saturated rings. The molecular formula is C21H25N3O3. The van der Waals surface area contributed by atoms with E-state index < -0.39 is 5.54 Å². The van der Waals surface area contributed by atoms with Gasteiger partial charge in [-0.05, 0) is 56.0 Å². The number of carbonyl (C=O) groups is 2. The number of anilines is 1. The normalized spacial score (nSPS) is 14.3. The fraction of sp³-hybridized carbons (Fsp3) is 0.333. The van der Waals surface area contributed by atoms with Crippen molar-refractivity contribution in [2.45, 2.75) is 31.7 Å². The molecule has 0 aliphatic heterocycles. The lowest BCUT2D eigenvalue weighted by Gasteiger charge is -2.10. The molecule has 2 aromatic carbocycles. The zero-order valence-electron chi connectivity index (χ0n) is 15.5. The van der Waals surface area contributed by atoms with Gasteiger partial charge in [0.2, 0.25) is 5.91 Å². The SMILES string of the molecule is Cc1ccc(NC(=O)COc2ccc(CCNC(=O)C3(N)CC3)cc2)cc1. The summed E-state index contributed by atoms with van der Waals surface area (Å²) in [5, 5.41) is 5.66. The van der Waals surface area contributed by atoms with Crippen LogP contribution in [0.3, 0.4) is 0 Å². The molecule has 6 heteroatoms. The van der Waals surface area contributed by atoms with E-state index in [2.05, 4.69) is 10.6 Å². The van der Waals surface area contributed by atoms with Crippen molar-refractivity contribution in [1.29, 1.82) is 0 Å².